The molecule has 4 aromatic carbocycles. The maximum absolute atomic E-state index is 9.87. The Bertz CT molecular complexity index is 3450. The van der Waals surface area contributed by atoms with Gasteiger partial charge in [0.25, 0.3) is 0 Å². The number of H-pyrrole nitrogens is 4. The number of benzene rings is 4. The summed E-state index contributed by atoms with van der Waals surface area (Å²) < 4.78 is 0. The Kier molecular flexibility index (Phi) is 17.7. The van der Waals surface area contributed by atoms with Crippen molar-refractivity contribution in [2.24, 2.45) is 47.3 Å². The first-order valence-corrected chi connectivity index (χ1v) is 35.8. The number of fused-ring (bicyclic) bond motifs is 16. The molecule has 0 spiro atoms. The number of phenolic OH excluding ortho intramolecular Hbond substituents is 2. The van der Waals surface area contributed by atoms with Crippen molar-refractivity contribution in [3.8, 4) is 11.5 Å². The second kappa shape index (κ2) is 25.3. The summed E-state index contributed by atoms with van der Waals surface area (Å²) in [6.45, 7) is 24.2. The van der Waals surface area contributed by atoms with Gasteiger partial charge in [0.2, 0.25) is 0 Å². The van der Waals surface area contributed by atoms with Gasteiger partial charge in [0.15, 0.2) is 0 Å². The molecule has 4 aliphatic carbocycles. The molecule has 8 aromatic rings. The molecule has 16 bridgehead atoms. The van der Waals surface area contributed by atoms with Crippen LogP contribution in [-0.2, 0) is 25.7 Å². The molecule has 13 heteroatoms. The highest BCUT2D eigenvalue weighted by molar-refractivity contribution is 8.93. The van der Waals surface area contributed by atoms with Gasteiger partial charge in [0.1, 0.15) is 11.5 Å². The van der Waals surface area contributed by atoms with E-state index < -0.39 is 0 Å². The zero-order chi connectivity index (χ0) is 59.4. The van der Waals surface area contributed by atoms with Gasteiger partial charge in [-0.05, 0) is 221 Å². The molecule has 12 fully saturated rings. The summed E-state index contributed by atoms with van der Waals surface area (Å²) in [5.74, 6) is 10.8. The molecule has 16 heterocycles. The van der Waals surface area contributed by atoms with E-state index in [0.29, 0.717) is 23.3 Å². The molecule has 91 heavy (non-hydrogen) atoms. The summed E-state index contributed by atoms with van der Waals surface area (Å²) in [6.07, 6.45) is 21.4. The van der Waals surface area contributed by atoms with E-state index in [1.807, 2.05) is 24.3 Å². The highest BCUT2D eigenvalue weighted by Gasteiger charge is 2.53. The minimum Gasteiger partial charge on any atom is -0.508 e. The molecule has 12 aliphatic heterocycles. The lowest BCUT2D eigenvalue weighted by atomic mass is 9.65. The molecule has 8 saturated heterocycles. The van der Waals surface area contributed by atoms with E-state index in [9.17, 15) is 10.2 Å². The standard InChI is InChI=1S/2C20H26N2.2C19H24N2O.BrH.2ClH/c2*1-3-14-9-13-10-17-19-15(6-7-22(11-13)20(14)17)16-8-12(2)4-5-18(16)21-19;2*1-2-12-7-11-8-16-18-14(5-6-21(10-11)19(12)16)15-9-13(22)3-4-17(15)20-18;;;/h2*4-5,8,13-14,17,20-21H,3,6-7,9-11H2,1-2H3;2*3-4,9,11-12,16,19-20,22H,2,5-8,10H2,1H3;3*1H/t2*13-,14?,17-,20?;2*11-,12?,16-,19?;;;/m0000.../s1. The predicted octanol–water partition coefficient (Wildman–Crippen LogP) is 17.2. The Hall–Kier alpha value is -4.46. The van der Waals surface area contributed by atoms with Crippen LogP contribution in [0.4, 0.5) is 0 Å². The van der Waals surface area contributed by atoms with E-state index in [1.165, 1.54) is 220 Å². The molecule has 12 unspecified atom stereocenters. The van der Waals surface area contributed by atoms with Crippen molar-refractivity contribution in [3.63, 3.8) is 0 Å². The summed E-state index contributed by atoms with van der Waals surface area (Å²) in [5, 5.41) is 25.2. The number of rotatable bonds is 4. The number of aromatic amines is 4. The highest BCUT2D eigenvalue weighted by atomic mass is 79.9. The Balaban J connectivity index is 0.000000105. The van der Waals surface area contributed by atoms with Crippen LogP contribution in [0, 0.1) is 61.2 Å². The first kappa shape index (κ1) is 63.9. The Labute approximate surface area is 563 Å². The summed E-state index contributed by atoms with van der Waals surface area (Å²) in [6, 6.07) is 28.5. The smallest absolute Gasteiger partial charge is 0.116 e. The van der Waals surface area contributed by atoms with E-state index in [2.05, 4.69) is 117 Å². The fourth-order valence-electron chi connectivity index (χ4n) is 23.0. The zero-order valence-corrected chi connectivity index (χ0v) is 58.4. The van der Waals surface area contributed by atoms with E-state index in [1.54, 1.807) is 34.6 Å². The number of hydrogen-bond donors (Lipinski definition) is 6. The number of aryl methyl sites for hydroxylation is 2. The van der Waals surface area contributed by atoms with Gasteiger partial charge in [0.05, 0.1) is 0 Å². The first-order valence-electron chi connectivity index (χ1n) is 35.8. The summed E-state index contributed by atoms with van der Waals surface area (Å²) in [4.78, 5) is 26.4. The third-order valence-corrected chi connectivity index (χ3v) is 26.3. The predicted molar refractivity (Wildman–Crippen MR) is 384 cm³/mol. The van der Waals surface area contributed by atoms with Gasteiger partial charge < -0.3 is 30.1 Å². The van der Waals surface area contributed by atoms with Crippen molar-refractivity contribution in [1.29, 1.82) is 0 Å². The first-order chi connectivity index (χ1) is 43.0. The van der Waals surface area contributed by atoms with Crippen LogP contribution in [0.15, 0.2) is 72.8 Å². The van der Waals surface area contributed by atoms with Crippen LogP contribution in [0.25, 0.3) is 43.6 Å². The van der Waals surface area contributed by atoms with E-state index >= 15 is 0 Å². The van der Waals surface area contributed by atoms with E-state index in [4.69, 9.17) is 0 Å². The lowest BCUT2D eigenvalue weighted by molar-refractivity contribution is -0.0134. The number of nitrogens with zero attached hydrogens (tertiary/aromatic N) is 4. The number of hydrogen-bond acceptors (Lipinski definition) is 6. The van der Waals surface area contributed by atoms with E-state index in [-0.39, 0.29) is 41.8 Å². The van der Waals surface area contributed by atoms with E-state index in [0.717, 1.165) is 96.2 Å². The van der Waals surface area contributed by atoms with Crippen LogP contribution in [0.2, 0.25) is 0 Å². The average Bonchev–Trinajstić information content (AvgIpc) is 1.68. The van der Waals surface area contributed by atoms with Crippen LogP contribution in [0.1, 0.15) is 185 Å². The average molecular weight is 1340 g/mol. The third-order valence-electron chi connectivity index (χ3n) is 26.3. The van der Waals surface area contributed by atoms with Gasteiger partial charge in [-0.1, -0.05) is 76.6 Å². The third kappa shape index (κ3) is 10.8. The summed E-state index contributed by atoms with van der Waals surface area (Å²) in [7, 11) is 0. The maximum atomic E-state index is 9.87. The Morgan fingerprint density at radius 1 is 0.363 bits per heavy atom. The fourth-order valence-corrected chi connectivity index (χ4v) is 23.0. The topological polar surface area (TPSA) is 117 Å². The van der Waals surface area contributed by atoms with Crippen molar-refractivity contribution < 1.29 is 10.2 Å². The largest absolute Gasteiger partial charge is 0.508 e. The normalized spacial score (nSPS) is 35.1. The van der Waals surface area contributed by atoms with Crippen molar-refractivity contribution in [1.82, 2.24) is 39.5 Å². The van der Waals surface area contributed by atoms with Gasteiger partial charge in [0, 0.05) is 167 Å². The number of nitrogens with one attached hydrogen (secondary N) is 4. The van der Waals surface area contributed by atoms with Crippen LogP contribution in [0.5, 0.6) is 11.5 Å². The van der Waals surface area contributed by atoms with Crippen molar-refractivity contribution in [2.75, 3.05) is 52.4 Å². The number of phenols is 2. The minimum absolute atomic E-state index is 0. The summed E-state index contributed by atoms with van der Waals surface area (Å²) >= 11 is 0. The van der Waals surface area contributed by atoms with Crippen LogP contribution >= 0.6 is 41.8 Å². The Morgan fingerprint density at radius 2 is 0.615 bits per heavy atom. The zero-order valence-electron chi connectivity index (χ0n) is 55.0. The molecular formula is C78H103BrCl2N8O2. The monoisotopic (exact) mass is 1330 g/mol. The van der Waals surface area contributed by atoms with Crippen LogP contribution < -0.4 is 0 Å². The van der Waals surface area contributed by atoms with Crippen molar-refractivity contribution >= 4 is 85.4 Å². The lowest BCUT2D eigenvalue weighted by Crippen LogP contribution is -2.56. The lowest BCUT2D eigenvalue weighted by Gasteiger charge is -2.53. The van der Waals surface area contributed by atoms with Gasteiger partial charge in [-0.15, -0.1) is 41.8 Å². The van der Waals surface area contributed by atoms with Gasteiger partial charge in [-0.2, -0.15) is 0 Å². The summed E-state index contributed by atoms with van der Waals surface area (Å²) in [5.41, 5.74) is 20.3. The van der Waals surface area contributed by atoms with Crippen LogP contribution in [-0.4, -0.2) is 126 Å². The molecule has 10 nitrogen and oxygen atoms in total. The van der Waals surface area contributed by atoms with Gasteiger partial charge in [-0.3, -0.25) is 19.6 Å². The van der Waals surface area contributed by atoms with Crippen LogP contribution in [0.3, 0.4) is 0 Å². The molecule has 16 aliphatic rings. The molecule has 6 N–H and O–H groups in total. The molecule has 24 rings (SSSR count). The molecule has 0 amide bonds. The van der Waals surface area contributed by atoms with Crippen molar-refractivity contribution in [2.45, 2.75) is 192 Å². The number of aromatic nitrogens is 4. The maximum Gasteiger partial charge on any atom is 0.116 e. The minimum atomic E-state index is 0. The Morgan fingerprint density at radius 3 is 0.879 bits per heavy atom. The number of aromatic hydroxyl groups is 2. The number of halogens is 3. The quantitative estimate of drug-likeness (QED) is 0.105. The van der Waals surface area contributed by atoms with Crippen molar-refractivity contribution in [3.05, 3.63) is 129 Å². The number of piperidine rings is 8. The molecule has 4 saturated carbocycles. The second-order valence-corrected chi connectivity index (χ2v) is 31.0. The van der Waals surface area contributed by atoms with Gasteiger partial charge >= 0.3 is 0 Å². The fraction of sp³-hybridized carbons (Fsp3) is 0.590. The SMILES string of the molecule is Br.CCC1C[C@H]2C[C@H]3c4[nH]c5ccc(C)cc5c4CCN(C2)C13.CCC1C[C@H]2C[C@H]3c4[nH]c5ccc(C)cc5c4CCN(C2)C13.CCC1C[C@H]2C[C@H]3c4[nH]c5ccc(O)cc5c4CCN(C2)C13.CCC1C[C@H]2C[C@H]3c4[nH]c5ccc(O)cc5c4CCN(C2)C13.Cl.Cl. The second-order valence-electron chi connectivity index (χ2n) is 31.0. The van der Waals surface area contributed by atoms with Gasteiger partial charge in [-0.25, -0.2) is 0 Å². The molecule has 0 radical (unpaired) electrons. The molecular weight excluding hydrogens is 1230 g/mol. The molecule has 4 aromatic heterocycles. The highest BCUT2D eigenvalue weighted by Crippen LogP contribution is 2.56. The molecule has 20 atom stereocenters. The molecule has 488 valence electrons.